The van der Waals surface area contributed by atoms with Crippen LogP contribution in [0.2, 0.25) is 0 Å². The Hall–Kier alpha value is -3.09. The summed E-state index contributed by atoms with van der Waals surface area (Å²) in [5, 5.41) is 24.7. The van der Waals surface area contributed by atoms with Crippen molar-refractivity contribution >= 4 is 17.3 Å². The normalized spacial score (nSPS) is 19.0. The smallest absolute Gasteiger partial charge is 0.194 e. The Morgan fingerprint density at radius 1 is 0.854 bits per heavy atom. The predicted molar refractivity (Wildman–Crippen MR) is 162 cm³/mol. The van der Waals surface area contributed by atoms with E-state index in [1.54, 1.807) is 13.8 Å². The SMILES string of the molecule is CCCCCCCCCCCCCCCCN/C(C)=C1\C(=O)C=C2Oc3c(C(C)=O)c(O)c(C)c(O)c3[C@@]2(C)C1=O. The molecule has 1 aliphatic heterocycles. The second kappa shape index (κ2) is 14.7. The van der Waals surface area contributed by atoms with E-state index in [9.17, 15) is 24.6 Å². The molecule has 0 saturated heterocycles. The maximum absolute atomic E-state index is 13.8. The molecule has 0 fully saturated rings. The lowest BCUT2D eigenvalue weighted by Crippen LogP contribution is -2.41. The summed E-state index contributed by atoms with van der Waals surface area (Å²) < 4.78 is 5.82. The van der Waals surface area contributed by atoms with Crippen LogP contribution in [0.3, 0.4) is 0 Å². The molecular weight excluding hydrogens is 518 g/mol. The number of fused-ring (bicyclic) bond motifs is 3. The summed E-state index contributed by atoms with van der Waals surface area (Å²) in [6, 6.07) is 0. The highest BCUT2D eigenvalue weighted by Gasteiger charge is 2.56. The maximum Gasteiger partial charge on any atom is 0.194 e. The van der Waals surface area contributed by atoms with E-state index in [0.717, 1.165) is 12.8 Å². The van der Waals surface area contributed by atoms with Crippen LogP contribution in [0, 0.1) is 6.92 Å². The standard InChI is InChI=1S/C34H49NO6/c1-6-7-8-9-10-11-12-13-14-15-16-17-18-19-20-35-23(3)27-25(37)21-26-34(5,33(27)40)29-31(39)22(2)30(38)28(24(4)36)32(29)41-26/h21,35,38-39H,6-20H2,1-5H3/b27-23+/t34-/m0/s1. The number of allylic oxidation sites excluding steroid dienone is 4. The van der Waals surface area contributed by atoms with E-state index in [0.29, 0.717) is 12.2 Å². The third-order valence-corrected chi connectivity index (χ3v) is 8.68. The topological polar surface area (TPSA) is 113 Å². The number of ether oxygens (including phenoxy) is 1. The molecule has 0 spiro atoms. The molecule has 226 valence electrons. The maximum atomic E-state index is 13.8. The summed E-state index contributed by atoms with van der Waals surface area (Å²) in [5.41, 5.74) is -0.884. The summed E-state index contributed by atoms with van der Waals surface area (Å²) in [6.45, 7) is 8.96. The average Bonchev–Trinajstić information content (AvgIpc) is 3.22. The lowest BCUT2D eigenvalue weighted by molar-refractivity contribution is -0.123. The van der Waals surface area contributed by atoms with Gasteiger partial charge in [-0.15, -0.1) is 0 Å². The van der Waals surface area contributed by atoms with Crippen LogP contribution in [0.25, 0.3) is 0 Å². The monoisotopic (exact) mass is 567 g/mol. The molecule has 1 aromatic rings. The number of Topliss-reactive ketones (excluding diaryl/α,β-unsaturated/α-hetero) is 2. The molecule has 0 unspecified atom stereocenters. The van der Waals surface area contributed by atoms with Gasteiger partial charge in [-0.3, -0.25) is 14.4 Å². The molecule has 1 aliphatic carbocycles. The van der Waals surface area contributed by atoms with Gasteiger partial charge in [0.1, 0.15) is 34.0 Å². The van der Waals surface area contributed by atoms with Crippen molar-refractivity contribution in [2.45, 2.75) is 130 Å². The highest BCUT2D eigenvalue weighted by Crippen LogP contribution is 2.57. The number of hydrogen-bond donors (Lipinski definition) is 3. The number of rotatable bonds is 17. The van der Waals surface area contributed by atoms with Crippen molar-refractivity contribution < 1.29 is 29.3 Å². The van der Waals surface area contributed by atoms with Gasteiger partial charge >= 0.3 is 0 Å². The van der Waals surface area contributed by atoms with E-state index in [2.05, 4.69) is 12.2 Å². The molecule has 0 aromatic heterocycles. The lowest BCUT2D eigenvalue weighted by atomic mass is 9.70. The molecule has 0 saturated carbocycles. The first-order chi connectivity index (χ1) is 19.6. The molecule has 41 heavy (non-hydrogen) atoms. The quantitative estimate of drug-likeness (QED) is 0.0767. The second-order valence-corrected chi connectivity index (χ2v) is 11.9. The second-order valence-electron chi connectivity index (χ2n) is 11.9. The summed E-state index contributed by atoms with van der Waals surface area (Å²) >= 11 is 0. The Kier molecular flexibility index (Phi) is 11.6. The van der Waals surface area contributed by atoms with Crippen molar-refractivity contribution in [3.05, 3.63) is 39.8 Å². The number of unbranched alkanes of at least 4 members (excludes halogenated alkanes) is 13. The van der Waals surface area contributed by atoms with Crippen molar-refractivity contribution in [2.24, 2.45) is 0 Å². The van der Waals surface area contributed by atoms with Gasteiger partial charge in [0, 0.05) is 23.9 Å². The van der Waals surface area contributed by atoms with Crippen molar-refractivity contribution in [1.82, 2.24) is 5.32 Å². The van der Waals surface area contributed by atoms with Crippen molar-refractivity contribution in [1.29, 1.82) is 0 Å². The Morgan fingerprint density at radius 3 is 1.88 bits per heavy atom. The van der Waals surface area contributed by atoms with Crippen molar-refractivity contribution in [3.8, 4) is 17.2 Å². The van der Waals surface area contributed by atoms with Gasteiger partial charge < -0.3 is 20.3 Å². The van der Waals surface area contributed by atoms with E-state index in [1.165, 1.54) is 97.0 Å². The number of carbonyl (C=O) groups excluding carboxylic acids is 3. The summed E-state index contributed by atoms with van der Waals surface area (Å²) in [5.74, 6) is -2.17. The van der Waals surface area contributed by atoms with Gasteiger partial charge in [0.25, 0.3) is 0 Å². The molecule has 7 nitrogen and oxygen atoms in total. The van der Waals surface area contributed by atoms with E-state index < -0.39 is 28.5 Å². The number of phenolic OH excluding ortho intramolecular Hbond substituents is 2. The highest BCUT2D eigenvalue weighted by atomic mass is 16.5. The number of aromatic hydroxyl groups is 2. The van der Waals surface area contributed by atoms with Gasteiger partial charge in [-0.1, -0.05) is 90.4 Å². The molecule has 2 aliphatic rings. The van der Waals surface area contributed by atoms with Crippen molar-refractivity contribution in [3.63, 3.8) is 0 Å². The molecule has 3 rings (SSSR count). The Morgan fingerprint density at radius 2 is 1.37 bits per heavy atom. The third kappa shape index (κ3) is 7.04. The fourth-order valence-corrected chi connectivity index (χ4v) is 6.05. The minimum Gasteiger partial charge on any atom is -0.507 e. The average molecular weight is 568 g/mol. The first-order valence-corrected chi connectivity index (χ1v) is 15.6. The van der Waals surface area contributed by atoms with Crippen LogP contribution in [0.4, 0.5) is 0 Å². The molecular formula is C34H49NO6. The van der Waals surface area contributed by atoms with E-state index in [-0.39, 0.29) is 39.5 Å². The van der Waals surface area contributed by atoms with Crippen LogP contribution in [0.1, 0.15) is 139 Å². The van der Waals surface area contributed by atoms with Crippen LogP contribution in [0.15, 0.2) is 23.1 Å². The third-order valence-electron chi connectivity index (χ3n) is 8.68. The molecule has 1 aromatic carbocycles. The summed E-state index contributed by atoms with van der Waals surface area (Å²) in [7, 11) is 0. The fourth-order valence-electron chi connectivity index (χ4n) is 6.05. The van der Waals surface area contributed by atoms with Crippen molar-refractivity contribution in [2.75, 3.05) is 6.54 Å². The highest BCUT2D eigenvalue weighted by molar-refractivity contribution is 6.31. The largest absolute Gasteiger partial charge is 0.507 e. The predicted octanol–water partition coefficient (Wildman–Crippen LogP) is 7.64. The number of phenols is 2. The first-order valence-electron chi connectivity index (χ1n) is 15.6. The van der Waals surface area contributed by atoms with Crippen LogP contribution in [-0.2, 0) is 15.0 Å². The minimum absolute atomic E-state index is 0.0209. The summed E-state index contributed by atoms with van der Waals surface area (Å²) in [4.78, 5) is 39.2. The number of benzene rings is 1. The molecule has 3 N–H and O–H groups in total. The molecule has 0 amide bonds. The van der Waals surface area contributed by atoms with Crippen LogP contribution in [0.5, 0.6) is 17.2 Å². The summed E-state index contributed by atoms with van der Waals surface area (Å²) in [6.07, 6.45) is 19.2. The Labute approximate surface area is 245 Å². The molecule has 7 heteroatoms. The van der Waals surface area contributed by atoms with E-state index >= 15 is 0 Å². The van der Waals surface area contributed by atoms with Gasteiger partial charge in [-0.2, -0.15) is 0 Å². The van der Waals surface area contributed by atoms with E-state index in [4.69, 9.17) is 4.74 Å². The van der Waals surface area contributed by atoms with Gasteiger partial charge in [0.15, 0.2) is 17.3 Å². The van der Waals surface area contributed by atoms with E-state index in [1.807, 2.05) is 0 Å². The van der Waals surface area contributed by atoms with Crippen LogP contribution < -0.4 is 10.1 Å². The number of carbonyl (C=O) groups is 3. The number of ketones is 3. The molecule has 0 radical (unpaired) electrons. The Bertz CT molecular complexity index is 1210. The zero-order chi connectivity index (χ0) is 30.2. The fraction of sp³-hybridized carbons (Fsp3) is 0.618. The van der Waals surface area contributed by atoms with Crippen LogP contribution in [-0.4, -0.2) is 34.1 Å². The molecule has 1 heterocycles. The molecule has 0 bridgehead atoms. The van der Waals surface area contributed by atoms with Gasteiger partial charge in [0.2, 0.25) is 0 Å². The Balaban J connectivity index is 1.51. The first kappa shape index (κ1) is 32.4. The zero-order valence-electron chi connectivity index (χ0n) is 25.7. The van der Waals surface area contributed by atoms with Gasteiger partial charge in [-0.25, -0.2) is 0 Å². The molecule has 1 atom stereocenters. The van der Waals surface area contributed by atoms with Gasteiger partial charge in [-0.05, 0) is 34.1 Å². The number of hydrogen-bond acceptors (Lipinski definition) is 7. The zero-order valence-corrected chi connectivity index (χ0v) is 25.7. The van der Waals surface area contributed by atoms with Crippen LogP contribution >= 0.6 is 0 Å². The minimum atomic E-state index is -1.48. The number of nitrogens with one attached hydrogen (secondary N) is 1. The van der Waals surface area contributed by atoms with Gasteiger partial charge in [0.05, 0.1) is 11.1 Å². The lowest BCUT2D eigenvalue weighted by Gasteiger charge is -2.29.